The molecule has 5 rings (SSSR count). The minimum Gasteiger partial charge on any atom is -0.465 e. The number of ether oxygens (including phenoxy) is 1. The highest BCUT2D eigenvalue weighted by Gasteiger charge is 2.59. The van der Waals surface area contributed by atoms with Crippen molar-refractivity contribution in [3.63, 3.8) is 0 Å². The van der Waals surface area contributed by atoms with Gasteiger partial charge in [0.2, 0.25) is 0 Å². The fourth-order valence-electron chi connectivity index (χ4n) is 4.22. The zero-order chi connectivity index (χ0) is 21.4. The summed E-state index contributed by atoms with van der Waals surface area (Å²) < 4.78 is 11.6. The van der Waals surface area contributed by atoms with Crippen LogP contribution in [0.25, 0.3) is 6.08 Å². The molecule has 1 spiro atoms. The number of benzene rings is 2. The number of anilines is 2. The highest BCUT2D eigenvalue weighted by Crippen LogP contribution is 2.50. The molecule has 0 bridgehead atoms. The van der Waals surface area contributed by atoms with E-state index < -0.39 is 5.72 Å². The van der Waals surface area contributed by atoms with Gasteiger partial charge in [-0.25, -0.2) is 0 Å². The fourth-order valence-corrected chi connectivity index (χ4v) is 4.22. The Labute approximate surface area is 179 Å². The van der Waals surface area contributed by atoms with Crippen LogP contribution in [0, 0.1) is 0 Å². The van der Waals surface area contributed by atoms with Crippen LogP contribution >= 0.6 is 0 Å². The molecule has 0 aliphatic carbocycles. The van der Waals surface area contributed by atoms with Crippen LogP contribution < -0.4 is 9.80 Å². The topological polar surface area (TPSA) is 63.0 Å². The molecule has 0 saturated heterocycles. The van der Waals surface area contributed by atoms with Crippen LogP contribution in [-0.2, 0) is 26.7 Å². The van der Waals surface area contributed by atoms with Crippen molar-refractivity contribution in [3.05, 3.63) is 103 Å². The van der Waals surface area contributed by atoms with Crippen molar-refractivity contribution >= 4 is 29.3 Å². The predicted molar refractivity (Wildman–Crippen MR) is 117 cm³/mol. The number of hydrogen-bond acceptors (Lipinski definition) is 4. The monoisotopic (exact) mass is 412 g/mol. The molecule has 31 heavy (non-hydrogen) atoms. The van der Waals surface area contributed by atoms with Crippen molar-refractivity contribution in [3.8, 4) is 0 Å². The van der Waals surface area contributed by atoms with Gasteiger partial charge in [-0.15, -0.1) is 6.58 Å². The number of furan rings is 1. The van der Waals surface area contributed by atoms with Crippen molar-refractivity contribution < 1.29 is 18.7 Å². The van der Waals surface area contributed by atoms with Crippen LogP contribution in [0.15, 0.2) is 90.1 Å². The van der Waals surface area contributed by atoms with E-state index >= 15 is 0 Å². The lowest BCUT2D eigenvalue weighted by atomic mass is 9.97. The van der Waals surface area contributed by atoms with E-state index in [1.54, 1.807) is 29.2 Å². The lowest BCUT2D eigenvalue weighted by Crippen LogP contribution is -2.59. The van der Waals surface area contributed by atoms with Crippen molar-refractivity contribution in [2.45, 2.75) is 12.3 Å². The smallest absolute Gasteiger partial charge is 0.286 e. The normalized spacial score (nSPS) is 19.7. The summed E-state index contributed by atoms with van der Waals surface area (Å²) in [4.78, 5) is 30.4. The first-order valence-corrected chi connectivity index (χ1v) is 9.97. The molecule has 0 unspecified atom stereocenters. The molecule has 3 heterocycles. The first-order valence-electron chi connectivity index (χ1n) is 9.97. The standard InChI is InChI=1S/C25H20N2O4/c1-2-15-26-22-12-6-4-10-20(22)25(24(26)29)27(21-11-5-3-8-18(21)17-31-25)23(28)14-13-19-9-7-16-30-19/h2-14,16H,1,15,17H2/b14-13+/t25-/m0/s1. The molecule has 3 aromatic rings. The van der Waals surface area contributed by atoms with E-state index in [1.165, 1.54) is 17.2 Å². The van der Waals surface area contributed by atoms with Gasteiger partial charge in [-0.3, -0.25) is 14.5 Å². The van der Waals surface area contributed by atoms with Crippen molar-refractivity contribution in [2.24, 2.45) is 0 Å². The molecule has 2 amide bonds. The molecule has 1 aromatic heterocycles. The molecule has 0 N–H and O–H groups in total. The van der Waals surface area contributed by atoms with Crippen molar-refractivity contribution in [1.29, 1.82) is 0 Å². The number of carbonyl (C=O) groups is 2. The first kappa shape index (κ1) is 19.1. The molecule has 0 saturated carbocycles. The summed E-state index contributed by atoms with van der Waals surface area (Å²) in [5.74, 6) is -0.157. The SMILES string of the molecule is C=CCN1C(=O)[C@@]2(OCc3ccccc3N2C(=O)/C=C/c2ccco2)c2ccccc21. The van der Waals surface area contributed by atoms with E-state index in [2.05, 4.69) is 6.58 Å². The van der Waals surface area contributed by atoms with E-state index in [0.717, 1.165) is 5.56 Å². The van der Waals surface area contributed by atoms with Gasteiger partial charge in [-0.1, -0.05) is 42.5 Å². The summed E-state index contributed by atoms with van der Waals surface area (Å²) in [6.45, 7) is 4.30. The zero-order valence-corrected chi connectivity index (χ0v) is 16.7. The minimum absolute atomic E-state index is 0.212. The third kappa shape index (κ3) is 2.84. The molecular weight excluding hydrogens is 392 g/mol. The Bertz CT molecular complexity index is 1200. The summed E-state index contributed by atoms with van der Waals surface area (Å²) in [5.41, 5.74) is 1.24. The summed E-state index contributed by atoms with van der Waals surface area (Å²) in [7, 11) is 0. The summed E-state index contributed by atoms with van der Waals surface area (Å²) >= 11 is 0. The third-order valence-corrected chi connectivity index (χ3v) is 5.54. The van der Waals surface area contributed by atoms with Crippen LogP contribution in [0.4, 0.5) is 11.4 Å². The van der Waals surface area contributed by atoms with Gasteiger partial charge in [0, 0.05) is 23.7 Å². The molecule has 0 fully saturated rings. The van der Waals surface area contributed by atoms with Crippen LogP contribution in [0.3, 0.4) is 0 Å². The highest BCUT2D eigenvalue weighted by molar-refractivity contribution is 6.16. The maximum atomic E-state index is 13.8. The van der Waals surface area contributed by atoms with Crippen LogP contribution in [0.2, 0.25) is 0 Å². The third-order valence-electron chi connectivity index (χ3n) is 5.54. The van der Waals surface area contributed by atoms with E-state index in [1.807, 2.05) is 48.5 Å². The summed E-state index contributed by atoms with van der Waals surface area (Å²) in [5, 5.41) is 0. The quantitative estimate of drug-likeness (QED) is 0.475. The number of nitrogens with zero attached hydrogens (tertiary/aromatic N) is 2. The molecule has 2 aliphatic heterocycles. The Hall–Kier alpha value is -3.90. The van der Waals surface area contributed by atoms with Crippen LogP contribution in [0.5, 0.6) is 0 Å². The Morgan fingerprint density at radius 2 is 1.84 bits per heavy atom. The number of amides is 2. The van der Waals surface area contributed by atoms with Gasteiger partial charge in [0.25, 0.3) is 17.5 Å². The second-order valence-electron chi connectivity index (χ2n) is 7.31. The van der Waals surface area contributed by atoms with E-state index in [9.17, 15) is 9.59 Å². The first-order chi connectivity index (χ1) is 15.2. The maximum absolute atomic E-state index is 13.8. The van der Waals surface area contributed by atoms with E-state index in [0.29, 0.717) is 29.2 Å². The number of rotatable bonds is 4. The number of fused-ring (bicyclic) bond motifs is 3. The van der Waals surface area contributed by atoms with Crippen molar-refractivity contribution in [2.75, 3.05) is 16.3 Å². The Kier molecular flexibility index (Phi) is 4.56. The predicted octanol–water partition coefficient (Wildman–Crippen LogP) is 4.24. The van der Waals surface area contributed by atoms with Crippen molar-refractivity contribution in [1.82, 2.24) is 0 Å². The van der Waals surface area contributed by atoms with Gasteiger partial charge in [-0.05, 0) is 30.3 Å². The average molecular weight is 412 g/mol. The van der Waals surface area contributed by atoms with Crippen LogP contribution in [0.1, 0.15) is 16.9 Å². The number of para-hydroxylation sites is 2. The van der Waals surface area contributed by atoms with Gasteiger partial charge < -0.3 is 14.1 Å². The van der Waals surface area contributed by atoms with Gasteiger partial charge >= 0.3 is 0 Å². The van der Waals surface area contributed by atoms with E-state index in [-0.39, 0.29) is 18.4 Å². The second-order valence-corrected chi connectivity index (χ2v) is 7.31. The molecule has 6 heteroatoms. The molecule has 2 aliphatic rings. The largest absolute Gasteiger partial charge is 0.465 e. The number of hydrogen-bond donors (Lipinski definition) is 0. The molecule has 6 nitrogen and oxygen atoms in total. The minimum atomic E-state index is -1.58. The highest BCUT2D eigenvalue weighted by atomic mass is 16.5. The summed E-state index contributed by atoms with van der Waals surface area (Å²) in [6.07, 6.45) is 6.18. The number of carbonyl (C=O) groups excluding carboxylic acids is 2. The molecule has 1 atom stereocenters. The molecule has 2 aromatic carbocycles. The van der Waals surface area contributed by atoms with Gasteiger partial charge in [0.05, 0.1) is 24.2 Å². The lowest BCUT2D eigenvalue weighted by Gasteiger charge is -2.43. The van der Waals surface area contributed by atoms with Crippen LogP contribution in [-0.4, -0.2) is 18.4 Å². The lowest BCUT2D eigenvalue weighted by molar-refractivity contribution is -0.151. The maximum Gasteiger partial charge on any atom is 0.286 e. The zero-order valence-electron chi connectivity index (χ0n) is 16.7. The Morgan fingerprint density at radius 1 is 1.06 bits per heavy atom. The molecule has 0 radical (unpaired) electrons. The average Bonchev–Trinajstić information content (AvgIpc) is 3.40. The fraction of sp³-hybridized carbons (Fsp3) is 0.120. The van der Waals surface area contributed by atoms with Gasteiger partial charge in [0.15, 0.2) is 0 Å². The molecule has 154 valence electrons. The van der Waals surface area contributed by atoms with Gasteiger partial charge in [-0.2, -0.15) is 0 Å². The second kappa shape index (κ2) is 7.41. The Balaban J connectivity index is 1.69. The molecular formula is C25H20N2O4. The Morgan fingerprint density at radius 3 is 2.61 bits per heavy atom. The van der Waals surface area contributed by atoms with Gasteiger partial charge in [0.1, 0.15) is 5.76 Å². The summed E-state index contributed by atoms with van der Waals surface area (Å²) in [6, 6.07) is 18.4. The van der Waals surface area contributed by atoms with E-state index in [4.69, 9.17) is 9.15 Å².